The number of benzene rings is 2. The van der Waals surface area contributed by atoms with Gasteiger partial charge in [-0.15, -0.1) is 11.8 Å². The molecule has 1 aliphatic heterocycles. The summed E-state index contributed by atoms with van der Waals surface area (Å²) in [5.74, 6) is 0.714. The van der Waals surface area contributed by atoms with Crippen molar-refractivity contribution in [3.63, 3.8) is 0 Å². The van der Waals surface area contributed by atoms with E-state index in [1.165, 1.54) is 40.7 Å². The van der Waals surface area contributed by atoms with Crippen molar-refractivity contribution >= 4 is 40.7 Å². The maximum absolute atomic E-state index is 13.5. The first-order chi connectivity index (χ1) is 19.7. The van der Waals surface area contributed by atoms with Crippen molar-refractivity contribution in [3.8, 4) is 0 Å². The number of rotatable bonds is 9. The van der Waals surface area contributed by atoms with E-state index in [-0.39, 0.29) is 30.1 Å². The standard InChI is InChI=1S/C30H35FN6O3S/c1-30(2,41-4)27(39)40-20-37-26(38)13-16-32-28(37)34(3)23-14-17-35(18-15-23)29-33-24-7-5-6-8-25(24)36(29)19-21-9-11-22(31)12-10-21/h5-13,16,23H,14-15,17-20H2,1-4H3. The molecule has 2 aromatic heterocycles. The second-order valence-electron chi connectivity index (χ2n) is 10.7. The lowest BCUT2D eigenvalue weighted by Crippen LogP contribution is -2.46. The largest absolute Gasteiger partial charge is 0.443 e. The van der Waals surface area contributed by atoms with E-state index in [1.54, 1.807) is 26.0 Å². The van der Waals surface area contributed by atoms with E-state index in [2.05, 4.69) is 20.5 Å². The number of ether oxygens (including phenoxy) is 1. The van der Waals surface area contributed by atoms with Crippen molar-refractivity contribution < 1.29 is 13.9 Å². The molecule has 41 heavy (non-hydrogen) atoms. The van der Waals surface area contributed by atoms with Crippen LogP contribution in [0.2, 0.25) is 0 Å². The fourth-order valence-electron chi connectivity index (χ4n) is 5.06. The summed E-state index contributed by atoms with van der Waals surface area (Å²) in [6, 6.07) is 16.1. The van der Waals surface area contributed by atoms with Gasteiger partial charge in [0.05, 0.1) is 17.6 Å². The lowest BCUT2D eigenvalue weighted by atomic mass is 10.0. The summed E-state index contributed by atoms with van der Waals surface area (Å²) in [5, 5.41) is 0. The lowest BCUT2D eigenvalue weighted by Gasteiger charge is -2.38. The van der Waals surface area contributed by atoms with E-state index in [9.17, 15) is 14.0 Å². The monoisotopic (exact) mass is 578 g/mol. The minimum absolute atomic E-state index is 0.125. The fourth-order valence-corrected chi connectivity index (χ4v) is 5.28. The Labute approximate surface area is 242 Å². The van der Waals surface area contributed by atoms with Crippen LogP contribution in [0.15, 0.2) is 65.6 Å². The summed E-state index contributed by atoms with van der Waals surface area (Å²) in [4.78, 5) is 39.0. The molecule has 0 spiro atoms. The van der Waals surface area contributed by atoms with Crippen molar-refractivity contribution in [2.45, 2.75) is 50.8 Å². The van der Waals surface area contributed by atoms with Crippen molar-refractivity contribution in [3.05, 3.63) is 82.5 Å². The minimum atomic E-state index is -0.710. The predicted octanol–water partition coefficient (Wildman–Crippen LogP) is 4.53. The first-order valence-electron chi connectivity index (χ1n) is 13.6. The van der Waals surface area contributed by atoms with E-state index >= 15 is 0 Å². The zero-order valence-corrected chi connectivity index (χ0v) is 24.6. The van der Waals surface area contributed by atoms with E-state index < -0.39 is 4.75 Å². The smallest absolute Gasteiger partial charge is 0.323 e. The minimum Gasteiger partial charge on any atom is -0.443 e. The molecule has 11 heteroatoms. The number of aromatic nitrogens is 4. The second kappa shape index (κ2) is 11.9. The van der Waals surface area contributed by atoms with Crippen molar-refractivity contribution in [2.75, 3.05) is 36.2 Å². The van der Waals surface area contributed by atoms with Gasteiger partial charge >= 0.3 is 5.97 Å². The Morgan fingerprint density at radius 2 is 1.80 bits per heavy atom. The third kappa shape index (κ3) is 6.09. The van der Waals surface area contributed by atoms with Gasteiger partial charge in [-0.3, -0.25) is 9.59 Å². The third-order valence-corrected chi connectivity index (χ3v) is 8.93. The predicted molar refractivity (Wildman–Crippen MR) is 161 cm³/mol. The highest BCUT2D eigenvalue weighted by Gasteiger charge is 2.30. The van der Waals surface area contributed by atoms with Crippen molar-refractivity contribution in [1.82, 2.24) is 19.1 Å². The van der Waals surface area contributed by atoms with Gasteiger partial charge in [0.25, 0.3) is 5.56 Å². The lowest BCUT2D eigenvalue weighted by molar-refractivity contribution is -0.149. The molecule has 0 bridgehead atoms. The number of para-hydroxylation sites is 2. The number of piperidine rings is 1. The molecule has 0 unspecified atom stereocenters. The number of fused-ring (bicyclic) bond motifs is 1. The summed E-state index contributed by atoms with van der Waals surface area (Å²) in [6.07, 6.45) is 4.98. The first-order valence-corrected chi connectivity index (χ1v) is 14.9. The summed E-state index contributed by atoms with van der Waals surface area (Å²) < 4.78 is 21.9. The van der Waals surface area contributed by atoms with Gasteiger partial charge in [0.2, 0.25) is 11.9 Å². The summed E-state index contributed by atoms with van der Waals surface area (Å²) in [7, 11) is 1.93. The number of hydrogen-bond donors (Lipinski definition) is 0. The van der Waals surface area contributed by atoms with Crippen LogP contribution in [0.3, 0.4) is 0 Å². The van der Waals surface area contributed by atoms with E-state index in [0.717, 1.165) is 48.5 Å². The molecule has 1 aliphatic rings. The molecule has 1 saturated heterocycles. The molecule has 3 heterocycles. The van der Waals surface area contributed by atoms with Crippen LogP contribution in [0.4, 0.5) is 16.3 Å². The van der Waals surface area contributed by atoms with Crippen LogP contribution in [0, 0.1) is 5.82 Å². The van der Waals surface area contributed by atoms with E-state index in [4.69, 9.17) is 9.72 Å². The van der Waals surface area contributed by atoms with Crippen LogP contribution in [-0.4, -0.2) is 62.3 Å². The number of carbonyl (C=O) groups is 1. The average molecular weight is 579 g/mol. The quantitative estimate of drug-likeness (QED) is 0.268. The Morgan fingerprint density at radius 3 is 2.51 bits per heavy atom. The van der Waals surface area contributed by atoms with E-state index in [0.29, 0.717) is 12.5 Å². The topological polar surface area (TPSA) is 85.5 Å². The Hall–Kier alpha value is -3.86. The number of anilines is 2. The molecule has 2 aromatic carbocycles. The van der Waals surface area contributed by atoms with Gasteiger partial charge < -0.3 is 19.1 Å². The van der Waals surface area contributed by atoms with Gasteiger partial charge in [-0.2, -0.15) is 0 Å². The maximum Gasteiger partial charge on any atom is 0.323 e. The highest BCUT2D eigenvalue weighted by Crippen LogP contribution is 2.29. The molecule has 4 aromatic rings. The Bertz CT molecular complexity index is 1580. The van der Waals surface area contributed by atoms with Crippen LogP contribution in [0.25, 0.3) is 11.0 Å². The number of imidazole rings is 1. The number of nitrogens with zero attached hydrogens (tertiary/aromatic N) is 6. The number of halogens is 1. The Kier molecular flexibility index (Phi) is 8.35. The van der Waals surface area contributed by atoms with Crippen molar-refractivity contribution in [1.29, 1.82) is 0 Å². The SMILES string of the molecule is CSC(C)(C)C(=O)OCn1c(N(C)C2CCN(c3nc4ccccc4n3Cc3ccc(F)cc3)CC2)nccc1=O. The first kappa shape index (κ1) is 28.7. The molecule has 0 saturated carbocycles. The van der Waals surface area contributed by atoms with Crippen molar-refractivity contribution in [2.24, 2.45) is 0 Å². The number of esters is 1. The molecular weight excluding hydrogens is 543 g/mol. The van der Waals surface area contributed by atoms with Gasteiger partial charge in [-0.05, 0) is 62.8 Å². The zero-order valence-electron chi connectivity index (χ0n) is 23.8. The Balaban J connectivity index is 1.32. The number of carbonyl (C=O) groups excluding carboxylic acids is 1. The molecule has 0 aliphatic carbocycles. The molecule has 5 rings (SSSR count). The molecule has 9 nitrogen and oxygen atoms in total. The van der Waals surface area contributed by atoms with Gasteiger partial charge in [0.1, 0.15) is 10.6 Å². The normalized spacial score (nSPS) is 14.4. The fraction of sp³-hybridized carbons (Fsp3) is 0.400. The van der Waals surface area contributed by atoms with Gasteiger partial charge in [-0.1, -0.05) is 24.3 Å². The average Bonchev–Trinajstić information content (AvgIpc) is 3.35. The third-order valence-electron chi connectivity index (χ3n) is 7.74. The Morgan fingerprint density at radius 1 is 1.10 bits per heavy atom. The highest BCUT2D eigenvalue weighted by atomic mass is 32.2. The maximum atomic E-state index is 13.5. The van der Waals surface area contributed by atoms with Gasteiger partial charge in [0, 0.05) is 38.4 Å². The summed E-state index contributed by atoms with van der Waals surface area (Å²) >= 11 is 1.39. The van der Waals surface area contributed by atoms with Crippen LogP contribution in [0.5, 0.6) is 0 Å². The molecule has 216 valence electrons. The van der Waals surface area contributed by atoms with Gasteiger partial charge in [0.15, 0.2) is 6.73 Å². The van der Waals surface area contributed by atoms with Crippen LogP contribution < -0.4 is 15.4 Å². The van der Waals surface area contributed by atoms with Crippen LogP contribution in [-0.2, 0) is 22.8 Å². The van der Waals surface area contributed by atoms with Crippen LogP contribution in [0.1, 0.15) is 32.3 Å². The molecule has 0 N–H and O–H groups in total. The second-order valence-corrected chi connectivity index (χ2v) is 12.2. The zero-order chi connectivity index (χ0) is 29.1. The van der Waals surface area contributed by atoms with Crippen LogP contribution >= 0.6 is 11.8 Å². The summed E-state index contributed by atoms with van der Waals surface area (Å²) in [6.45, 7) is 5.50. The van der Waals surface area contributed by atoms with Gasteiger partial charge in [-0.25, -0.2) is 18.9 Å². The van der Waals surface area contributed by atoms with E-state index in [1.807, 2.05) is 36.4 Å². The molecular formula is C30H35FN6O3S. The molecule has 0 atom stereocenters. The molecule has 1 fully saturated rings. The highest BCUT2D eigenvalue weighted by molar-refractivity contribution is 8.00. The molecule has 0 amide bonds. The number of thioether (sulfide) groups is 1. The summed E-state index contributed by atoms with van der Waals surface area (Å²) in [5.41, 5.74) is 2.67. The number of hydrogen-bond acceptors (Lipinski definition) is 8. The molecule has 0 radical (unpaired) electrons.